The SMILES string of the molecule is CC(=O)OC1CC(c2cc(O)c(O)c(OCCc3cccnc3)c2)OC(C2CC#CC3C(CCCC34NC(=NCCCc3ccnc(N)c3)NC3C4CCC4C5=CC=NC5=C[NH+]43)Oc3cc(ccc3O)C2)C1. The van der Waals surface area contributed by atoms with Crippen molar-refractivity contribution in [2.45, 2.75) is 126 Å². The summed E-state index contributed by atoms with van der Waals surface area (Å²) in [4.78, 5) is 32.3. The van der Waals surface area contributed by atoms with Crippen LogP contribution in [0.3, 0.4) is 0 Å². The van der Waals surface area contributed by atoms with Gasteiger partial charge in [0.1, 0.15) is 36.0 Å². The maximum atomic E-state index is 12.6. The van der Waals surface area contributed by atoms with Crippen LogP contribution in [0.5, 0.6) is 28.7 Å². The first kappa shape index (κ1) is 47.2. The van der Waals surface area contributed by atoms with Crippen LogP contribution in [0.1, 0.15) is 93.1 Å². The zero-order valence-electron chi connectivity index (χ0n) is 40.5. The molecule has 4 fully saturated rings. The highest BCUT2D eigenvalue weighted by Crippen LogP contribution is 2.48. The number of allylic oxidation sites excluding steroid dienone is 1. The Balaban J connectivity index is 0.915. The van der Waals surface area contributed by atoms with Gasteiger partial charge in [-0.15, -0.1) is 5.92 Å². The van der Waals surface area contributed by atoms with Crippen molar-refractivity contribution in [1.29, 1.82) is 0 Å². The van der Waals surface area contributed by atoms with E-state index in [0.29, 0.717) is 55.8 Å². The highest BCUT2D eigenvalue weighted by atomic mass is 16.6. The summed E-state index contributed by atoms with van der Waals surface area (Å²) in [7, 11) is 0. The third-order valence-electron chi connectivity index (χ3n) is 15.8. The van der Waals surface area contributed by atoms with Crippen LogP contribution in [0.25, 0.3) is 0 Å². The highest BCUT2D eigenvalue weighted by molar-refractivity contribution is 5.83. The second-order valence-electron chi connectivity index (χ2n) is 20.4. The smallest absolute Gasteiger partial charge is 0.302 e. The van der Waals surface area contributed by atoms with Crippen molar-refractivity contribution in [3.63, 3.8) is 0 Å². The van der Waals surface area contributed by atoms with Gasteiger partial charge in [-0.2, -0.15) is 0 Å². The molecule has 8 heterocycles. The van der Waals surface area contributed by atoms with Gasteiger partial charge in [0.2, 0.25) is 5.75 Å². The van der Waals surface area contributed by atoms with Crippen LogP contribution in [0, 0.1) is 29.6 Å². The number of rotatable bonds is 11. The summed E-state index contributed by atoms with van der Waals surface area (Å²) >= 11 is 0. The first-order valence-corrected chi connectivity index (χ1v) is 25.6. The molecule has 3 saturated heterocycles. The summed E-state index contributed by atoms with van der Waals surface area (Å²) in [6.07, 6.45) is 18.1. The fourth-order valence-corrected chi connectivity index (χ4v) is 12.6. The highest BCUT2D eigenvalue weighted by Gasteiger charge is 2.62. The van der Waals surface area contributed by atoms with Crippen molar-refractivity contribution in [2.24, 2.45) is 27.7 Å². The first-order chi connectivity index (χ1) is 35.1. The molecule has 11 rings (SSSR count). The number of guanidine groups is 1. The molecule has 8 N–H and O–H groups in total. The van der Waals surface area contributed by atoms with E-state index in [1.54, 1.807) is 30.7 Å². The van der Waals surface area contributed by atoms with E-state index in [2.05, 4.69) is 44.7 Å². The molecule has 72 heavy (non-hydrogen) atoms. The van der Waals surface area contributed by atoms with Crippen LogP contribution in [0.2, 0.25) is 0 Å². The average molecular weight is 976 g/mol. The molecule has 2 aromatic heterocycles. The number of nitrogens with zero attached hydrogens (tertiary/aromatic N) is 4. The van der Waals surface area contributed by atoms with Crippen LogP contribution >= 0.6 is 0 Å². The molecule has 1 saturated carbocycles. The molecule has 6 aliphatic heterocycles. The molecule has 4 aromatic rings. The Morgan fingerprint density at radius 3 is 2.81 bits per heavy atom. The third kappa shape index (κ3) is 9.67. The van der Waals surface area contributed by atoms with E-state index in [-0.39, 0.29) is 65.7 Å². The number of nitrogens with two attached hydrogens (primary N) is 1. The Labute approximate surface area is 419 Å². The number of aromatic hydroxyl groups is 3. The second-order valence-corrected chi connectivity index (χ2v) is 20.4. The van der Waals surface area contributed by atoms with E-state index >= 15 is 0 Å². The molecule has 16 nitrogen and oxygen atoms in total. The van der Waals surface area contributed by atoms with Gasteiger partial charge in [0, 0.05) is 81.9 Å². The number of benzene rings is 2. The number of esters is 1. The molecular weight excluding hydrogens is 913 g/mol. The number of quaternary nitrogens is 1. The number of nitrogen functional groups attached to an aromatic ring is 1. The summed E-state index contributed by atoms with van der Waals surface area (Å²) in [6, 6.07) is 16.8. The predicted molar refractivity (Wildman–Crippen MR) is 269 cm³/mol. The molecule has 0 amide bonds. The predicted octanol–water partition coefficient (Wildman–Crippen LogP) is 5.54. The number of carbonyl (C=O) groups is 1. The number of hydrogen-bond acceptors (Lipinski definition) is 13. The van der Waals surface area contributed by atoms with E-state index < -0.39 is 29.8 Å². The molecule has 7 aliphatic rings. The van der Waals surface area contributed by atoms with Gasteiger partial charge in [-0.3, -0.25) is 24.7 Å². The maximum Gasteiger partial charge on any atom is 0.302 e. The Bertz CT molecular complexity index is 2880. The van der Waals surface area contributed by atoms with Crippen LogP contribution in [0.15, 0.2) is 107 Å². The number of fused-ring (bicyclic) bond motifs is 10. The standard InChI is InChI=1S/C56H62N8O8/c1-33(65)70-39-29-48(72-49(30-39)38-27-46(67)53(68)51(28-38)69-23-17-35-7-4-19-58-31-35)37-8-2-9-41-47(71-50-25-36(24-37)11-14-45(50)66)10-3-18-56(41)42-12-13-44-40-16-22-59-43(40)32-64(44)54(42)62-55(63-56)61-20-5-6-34-15-21-60-52(57)26-34/h4,7,11,14-16,19,21-22,25-28,31-32,37,39,41-42,44,47-49,54,66-68H,3,5-6,8,10,12-13,17-18,20,23-24,29-30H2,1H3,(H2,57,60)(H2,61,62,63)/p+1. The molecule has 11 unspecified atom stereocenters. The van der Waals surface area contributed by atoms with Gasteiger partial charge in [-0.25, -0.2) is 4.98 Å². The van der Waals surface area contributed by atoms with Crippen molar-refractivity contribution in [3.8, 4) is 40.6 Å². The molecule has 0 radical (unpaired) electrons. The third-order valence-corrected chi connectivity index (χ3v) is 15.8. The van der Waals surface area contributed by atoms with Crippen LogP contribution in [-0.4, -0.2) is 92.6 Å². The molecule has 1 spiro atoms. The van der Waals surface area contributed by atoms with Crippen LogP contribution in [-0.2, 0) is 33.5 Å². The number of phenolic OH excluding ortho intramolecular Hbond substituents is 3. The van der Waals surface area contributed by atoms with Crippen LogP contribution in [0.4, 0.5) is 5.82 Å². The number of hydrogen-bond donors (Lipinski definition) is 7. The number of piperidine rings is 1. The van der Waals surface area contributed by atoms with E-state index in [1.165, 1.54) is 23.5 Å². The van der Waals surface area contributed by atoms with Gasteiger partial charge in [0.15, 0.2) is 35.1 Å². The number of anilines is 1. The topological polar surface area (TPSA) is 220 Å². The molecule has 374 valence electrons. The number of aliphatic imine (C=N–C) groups is 2. The number of nitrogens with one attached hydrogen (secondary N) is 3. The molecule has 2 aromatic carbocycles. The summed E-state index contributed by atoms with van der Waals surface area (Å²) in [5, 5.41) is 41.3. The van der Waals surface area contributed by atoms with E-state index in [1.807, 2.05) is 42.6 Å². The van der Waals surface area contributed by atoms with Gasteiger partial charge in [-0.1, -0.05) is 18.1 Å². The minimum absolute atomic E-state index is 0.00152. The van der Waals surface area contributed by atoms with Crippen molar-refractivity contribution in [1.82, 2.24) is 20.6 Å². The Kier molecular flexibility index (Phi) is 13.3. The Morgan fingerprint density at radius 1 is 1.03 bits per heavy atom. The fourth-order valence-electron chi connectivity index (χ4n) is 12.6. The van der Waals surface area contributed by atoms with E-state index in [4.69, 9.17) is 34.7 Å². The first-order valence-electron chi connectivity index (χ1n) is 25.6. The lowest BCUT2D eigenvalue weighted by Gasteiger charge is -2.57. The lowest BCUT2D eigenvalue weighted by molar-refractivity contribution is -0.905. The van der Waals surface area contributed by atoms with Crippen molar-refractivity contribution in [3.05, 3.63) is 119 Å². The average Bonchev–Trinajstić information content (AvgIpc) is 3.98. The van der Waals surface area contributed by atoms with Gasteiger partial charge >= 0.3 is 5.97 Å². The van der Waals surface area contributed by atoms with Crippen molar-refractivity contribution < 1.29 is 44.0 Å². The van der Waals surface area contributed by atoms with Gasteiger partial charge < -0.3 is 50.6 Å². The quantitative estimate of drug-likeness (QED) is 0.0426. The van der Waals surface area contributed by atoms with E-state index in [0.717, 1.165) is 73.3 Å². The zero-order chi connectivity index (χ0) is 49.3. The number of phenols is 3. The summed E-state index contributed by atoms with van der Waals surface area (Å²) in [6.45, 7) is 2.25. The normalized spacial score (nSPS) is 30.5. The molecule has 1 aliphatic carbocycles. The summed E-state index contributed by atoms with van der Waals surface area (Å²) < 4.78 is 26.0. The molecule has 11 atom stereocenters. The molecule has 2 bridgehead atoms. The minimum atomic E-state index is -0.619. The van der Waals surface area contributed by atoms with E-state index in [9.17, 15) is 20.1 Å². The van der Waals surface area contributed by atoms with Gasteiger partial charge in [-0.05, 0) is 116 Å². The largest absolute Gasteiger partial charge is 0.504 e. The zero-order valence-corrected chi connectivity index (χ0v) is 40.5. The summed E-state index contributed by atoms with van der Waals surface area (Å²) in [5.74, 6) is 8.04. The Morgan fingerprint density at radius 2 is 1.94 bits per heavy atom. The maximum absolute atomic E-state index is 12.6. The fraction of sp³-hybridized carbons (Fsp3) is 0.446. The Hall–Kier alpha value is -7.09. The lowest BCUT2D eigenvalue weighted by atomic mass is 9.60. The lowest BCUT2D eigenvalue weighted by Crippen LogP contribution is -3.19. The monoisotopic (exact) mass is 975 g/mol. The van der Waals surface area contributed by atoms with Crippen molar-refractivity contribution in [2.75, 3.05) is 18.9 Å². The molecular formula is C56H63N8O8+. The van der Waals surface area contributed by atoms with Crippen molar-refractivity contribution >= 4 is 24.0 Å². The van der Waals surface area contributed by atoms with Gasteiger partial charge in [0.25, 0.3) is 0 Å². The van der Waals surface area contributed by atoms with Crippen LogP contribution < -0.4 is 30.7 Å². The number of ether oxygens (including phenoxy) is 4. The second kappa shape index (κ2) is 20.2. The minimum Gasteiger partial charge on any atom is -0.504 e. The van der Waals surface area contributed by atoms with Gasteiger partial charge in [0.05, 0.1) is 36.2 Å². The number of aromatic nitrogens is 2. The molecule has 16 heteroatoms. The number of pyridine rings is 2. The number of carbonyl (C=O) groups excluding carboxylic acids is 1. The summed E-state index contributed by atoms with van der Waals surface area (Å²) in [5.41, 5.74) is 11.5. The number of aryl methyl sites for hydroxylation is 1.